The molecule has 8 N–H and O–H groups in total. The van der Waals surface area contributed by atoms with E-state index in [2.05, 4.69) is 20.9 Å². The predicted octanol–water partition coefficient (Wildman–Crippen LogP) is 0.370. The second-order valence-corrected chi connectivity index (χ2v) is 10.1. The van der Waals surface area contributed by atoms with E-state index < -0.39 is 23.4 Å². The van der Waals surface area contributed by atoms with Gasteiger partial charge in [0.2, 0.25) is 11.8 Å². The summed E-state index contributed by atoms with van der Waals surface area (Å²) < 4.78 is 4.89. The number of rotatable bonds is 14. The Balaban J connectivity index is 1.56. The van der Waals surface area contributed by atoms with Gasteiger partial charge in [-0.1, -0.05) is 25.6 Å². The molecule has 3 amide bonds. The minimum atomic E-state index is -1.45. The smallest absolute Gasteiger partial charge is 0.319 e. The normalized spacial score (nSPS) is 12.1. The number of aromatic nitrogens is 1. The number of carbonyl (C=O) groups excluding carboxylic acids is 4. The van der Waals surface area contributed by atoms with Gasteiger partial charge in [0, 0.05) is 54.3 Å². The van der Waals surface area contributed by atoms with Crippen molar-refractivity contribution in [2.45, 2.75) is 32.8 Å². The van der Waals surface area contributed by atoms with Crippen LogP contribution in [0.4, 0.5) is 4.79 Å². The Morgan fingerprint density at radius 1 is 1.14 bits per heavy atom. The molecule has 0 bridgehead atoms. The van der Waals surface area contributed by atoms with E-state index in [0.29, 0.717) is 18.7 Å². The van der Waals surface area contributed by atoms with Crippen LogP contribution in [0, 0.1) is 5.41 Å². The van der Waals surface area contributed by atoms with Crippen LogP contribution >= 0.6 is 11.8 Å². The van der Waals surface area contributed by atoms with E-state index in [1.54, 1.807) is 32.0 Å². The molecule has 1 aromatic carbocycles. The van der Waals surface area contributed by atoms with Crippen molar-refractivity contribution in [3.8, 4) is 5.75 Å². The van der Waals surface area contributed by atoms with Crippen LogP contribution in [0.2, 0.25) is 0 Å². The summed E-state index contributed by atoms with van der Waals surface area (Å²) in [6.07, 6.45) is 1.00. The highest BCUT2D eigenvalue weighted by molar-refractivity contribution is 8.13. The number of nitrogens with two attached hydrogens (primary N) is 1. The number of hydrogen-bond donors (Lipinski definition) is 7. The highest BCUT2D eigenvalue weighted by Gasteiger charge is 2.34. The van der Waals surface area contributed by atoms with Crippen LogP contribution in [0.1, 0.15) is 25.8 Å². The number of aliphatic hydroxyl groups excluding tert-OH is 1. The summed E-state index contributed by atoms with van der Waals surface area (Å²) in [5.41, 5.74) is 6.03. The van der Waals surface area contributed by atoms with Gasteiger partial charge in [-0.05, 0) is 30.2 Å². The van der Waals surface area contributed by atoms with Crippen molar-refractivity contribution in [3.05, 3.63) is 30.0 Å². The number of phenols is 1. The van der Waals surface area contributed by atoms with Crippen LogP contribution < -0.4 is 21.7 Å². The maximum atomic E-state index is 12.1. The number of esters is 1. The number of aromatic hydroxyl groups is 1. The minimum absolute atomic E-state index is 0.00190. The van der Waals surface area contributed by atoms with Gasteiger partial charge in [0.25, 0.3) is 5.24 Å². The van der Waals surface area contributed by atoms with Gasteiger partial charge in [-0.2, -0.15) is 0 Å². The fourth-order valence-electron chi connectivity index (χ4n) is 3.30. The Kier molecular flexibility index (Phi) is 11.7. The highest BCUT2D eigenvalue weighted by atomic mass is 32.2. The largest absolute Gasteiger partial charge is 0.508 e. The quantitative estimate of drug-likeness (QED) is 0.132. The van der Waals surface area contributed by atoms with Crippen molar-refractivity contribution in [3.63, 3.8) is 0 Å². The summed E-state index contributed by atoms with van der Waals surface area (Å²) in [5.74, 6) is -1.07. The molecule has 0 aliphatic carbocycles. The second-order valence-electron chi connectivity index (χ2n) is 9.00. The molecular weight excluding hydrogens is 502 g/mol. The molecule has 2 rings (SSSR count). The Hall–Kier alpha value is -3.29. The van der Waals surface area contributed by atoms with Gasteiger partial charge in [0.1, 0.15) is 11.9 Å². The summed E-state index contributed by atoms with van der Waals surface area (Å²) in [6, 6.07) is 5.08. The first-order chi connectivity index (χ1) is 17.5. The number of phenolic OH excluding ortho intramolecular Hbond substituents is 1. The lowest BCUT2D eigenvalue weighted by molar-refractivity contribution is -0.152. The zero-order valence-corrected chi connectivity index (χ0v) is 21.8. The SMILES string of the molecule is CC(C)(COC(=O)CN)[C@@H](O)C(=O)NCCC(=O)NCCSC(=O)NCCc1c[nH]c2ccc(O)cc12. The van der Waals surface area contributed by atoms with Gasteiger partial charge in [0.05, 0.1) is 13.2 Å². The molecule has 0 aliphatic heterocycles. The topological polar surface area (TPSA) is 196 Å². The maximum Gasteiger partial charge on any atom is 0.319 e. The zero-order chi connectivity index (χ0) is 27.4. The molecule has 0 saturated carbocycles. The Bertz CT molecular complexity index is 1090. The average molecular weight is 538 g/mol. The first-order valence-corrected chi connectivity index (χ1v) is 12.8. The standard InChI is InChI=1S/C24H35N5O7S/c1-24(2,14-36-20(32)12-25)21(33)22(34)27-8-6-19(31)26-9-10-37-23(35)28-7-5-15-13-29-18-4-3-16(30)11-17(15)18/h3-4,11,13,21,29-30,33H,5-10,12,14,25H2,1-2H3,(H,26,31)(H,27,34)(H,28,35)/t21-/m0/s1. The molecule has 0 radical (unpaired) electrons. The van der Waals surface area contributed by atoms with Gasteiger partial charge in [-0.3, -0.25) is 19.2 Å². The first kappa shape index (κ1) is 29.9. The summed E-state index contributed by atoms with van der Waals surface area (Å²) >= 11 is 1.05. The number of benzene rings is 1. The second kappa shape index (κ2) is 14.4. The van der Waals surface area contributed by atoms with Crippen LogP contribution in [0.3, 0.4) is 0 Å². The number of ether oxygens (including phenoxy) is 1. The predicted molar refractivity (Wildman–Crippen MR) is 140 cm³/mol. The number of aromatic amines is 1. The van der Waals surface area contributed by atoms with Gasteiger partial charge in [-0.15, -0.1) is 0 Å². The third-order valence-electron chi connectivity index (χ3n) is 5.48. The van der Waals surface area contributed by atoms with Crippen molar-refractivity contribution in [1.82, 2.24) is 20.9 Å². The van der Waals surface area contributed by atoms with Crippen LogP contribution in [0.15, 0.2) is 24.4 Å². The molecule has 0 unspecified atom stereocenters. The molecule has 0 aliphatic rings. The summed E-state index contributed by atoms with van der Waals surface area (Å²) in [7, 11) is 0. The van der Waals surface area contributed by atoms with Crippen LogP contribution in [0.5, 0.6) is 5.75 Å². The van der Waals surface area contributed by atoms with Crippen LogP contribution in [-0.2, 0) is 25.5 Å². The number of aliphatic hydroxyl groups is 1. The summed E-state index contributed by atoms with van der Waals surface area (Å²) in [4.78, 5) is 50.4. The molecule has 204 valence electrons. The van der Waals surface area contributed by atoms with E-state index >= 15 is 0 Å². The van der Waals surface area contributed by atoms with Gasteiger partial charge < -0.3 is 41.6 Å². The number of amides is 3. The number of fused-ring (bicyclic) bond motifs is 1. The van der Waals surface area contributed by atoms with E-state index in [4.69, 9.17) is 10.5 Å². The van der Waals surface area contributed by atoms with Gasteiger partial charge in [-0.25, -0.2) is 0 Å². The zero-order valence-electron chi connectivity index (χ0n) is 21.0. The Morgan fingerprint density at radius 2 is 1.89 bits per heavy atom. The lowest BCUT2D eigenvalue weighted by Crippen LogP contribution is -2.47. The molecule has 0 saturated heterocycles. The third kappa shape index (κ3) is 9.94. The number of hydrogen-bond acceptors (Lipinski definition) is 9. The molecule has 1 heterocycles. The van der Waals surface area contributed by atoms with E-state index in [1.165, 1.54) is 0 Å². The fourth-order valence-corrected chi connectivity index (χ4v) is 3.89. The molecular formula is C24H35N5O7S. The van der Waals surface area contributed by atoms with Crippen LogP contribution in [0.25, 0.3) is 10.9 Å². The lowest BCUT2D eigenvalue weighted by Gasteiger charge is -2.28. The molecule has 13 heteroatoms. The van der Waals surface area contributed by atoms with E-state index in [9.17, 15) is 29.4 Å². The molecule has 0 spiro atoms. The molecule has 1 aromatic heterocycles. The minimum Gasteiger partial charge on any atom is -0.508 e. The molecule has 2 aromatic rings. The average Bonchev–Trinajstić information content (AvgIpc) is 3.26. The summed E-state index contributed by atoms with van der Waals surface area (Å²) in [5, 5.41) is 28.5. The Morgan fingerprint density at radius 3 is 2.62 bits per heavy atom. The third-order valence-corrected chi connectivity index (χ3v) is 6.30. The van der Waals surface area contributed by atoms with Crippen molar-refractivity contribution in [2.24, 2.45) is 11.1 Å². The van der Waals surface area contributed by atoms with Crippen LogP contribution in [-0.4, -0.2) is 82.9 Å². The number of nitrogens with one attached hydrogen (secondary N) is 4. The van der Waals surface area contributed by atoms with Gasteiger partial charge in [0.15, 0.2) is 0 Å². The maximum absolute atomic E-state index is 12.1. The van der Waals surface area contributed by atoms with Gasteiger partial charge >= 0.3 is 5.97 Å². The van der Waals surface area contributed by atoms with Crippen molar-refractivity contribution < 1.29 is 34.1 Å². The number of H-pyrrole nitrogens is 1. The molecule has 1 atom stereocenters. The van der Waals surface area contributed by atoms with E-state index in [-0.39, 0.29) is 49.6 Å². The van der Waals surface area contributed by atoms with E-state index in [0.717, 1.165) is 28.2 Å². The molecule has 12 nitrogen and oxygen atoms in total. The highest BCUT2D eigenvalue weighted by Crippen LogP contribution is 2.23. The monoisotopic (exact) mass is 537 g/mol. The first-order valence-electron chi connectivity index (χ1n) is 11.8. The van der Waals surface area contributed by atoms with Crippen molar-refractivity contribution in [2.75, 3.05) is 38.5 Å². The number of thioether (sulfide) groups is 1. The molecule has 37 heavy (non-hydrogen) atoms. The van der Waals surface area contributed by atoms with Crippen molar-refractivity contribution >= 4 is 45.7 Å². The molecule has 0 fully saturated rings. The fraction of sp³-hybridized carbons (Fsp3) is 0.500. The van der Waals surface area contributed by atoms with E-state index in [1.807, 2.05) is 6.20 Å². The van der Waals surface area contributed by atoms with Crippen molar-refractivity contribution in [1.29, 1.82) is 0 Å². The summed E-state index contributed by atoms with van der Waals surface area (Å²) in [6.45, 7) is 3.37. The Labute approximate surface area is 219 Å². The number of carbonyl (C=O) groups is 4. The lowest BCUT2D eigenvalue weighted by atomic mass is 9.87.